The van der Waals surface area contributed by atoms with Gasteiger partial charge in [-0.2, -0.15) is 0 Å². The molecule has 4 rings (SSSR count). The molecule has 3 aliphatic heterocycles. The van der Waals surface area contributed by atoms with Crippen molar-refractivity contribution in [3.05, 3.63) is 27.7 Å². The van der Waals surface area contributed by atoms with Crippen molar-refractivity contribution in [2.24, 2.45) is 0 Å². The second kappa shape index (κ2) is 6.04. The summed E-state index contributed by atoms with van der Waals surface area (Å²) in [6.07, 6.45) is 0.634. The molecule has 0 aliphatic carbocycles. The molecule has 2 amide bonds. The molecule has 0 aromatic heterocycles. The average molecular weight is 385 g/mol. The first-order chi connectivity index (χ1) is 11.9. The minimum Gasteiger partial charge on any atom is -0.508 e. The van der Waals surface area contributed by atoms with Gasteiger partial charge in [0.2, 0.25) is 11.8 Å². The van der Waals surface area contributed by atoms with E-state index < -0.39 is 18.2 Å². The van der Waals surface area contributed by atoms with Gasteiger partial charge in [-0.3, -0.25) is 9.59 Å². The predicted molar refractivity (Wildman–Crippen MR) is 91.7 cm³/mol. The van der Waals surface area contributed by atoms with Gasteiger partial charge in [0.05, 0.1) is 16.1 Å². The van der Waals surface area contributed by atoms with Gasteiger partial charge in [-0.1, -0.05) is 23.2 Å². The fraction of sp³-hybridized carbons (Fsp3) is 0.529. The van der Waals surface area contributed by atoms with E-state index >= 15 is 0 Å². The molecule has 8 heteroatoms. The molecule has 2 N–H and O–H groups in total. The Labute approximate surface area is 154 Å². The molecule has 4 atom stereocenters. The number of piperazine rings is 1. The predicted octanol–water partition coefficient (Wildman–Crippen LogP) is 1.75. The second-order valence-corrected chi connectivity index (χ2v) is 7.74. The number of aliphatic hydroxyl groups is 1. The maximum atomic E-state index is 12.8. The number of amides is 2. The van der Waals surface area contributed by atoms with Crippen molar-refractivity contribution < 1.29 is 19.8 Å². The van der Waals surface area contributed by atoms with Crippen molar-refractivity contribution >= 4 is 35.0 Å². The number of fused-ring (bicyclic) bond motifs is 2. The number of halogens is 2. The Hall–Kier alpha value is -1.50. The largest absolute Gasteiger partial charge is 0.508 e. The Balaban J connectivity index is 1.64. The molecule has 25 heavy (non-hydrogen) atoms. The average Bonchev–Trinajstić information content (AvgIpc) is 2.98. The van der Waals surface area contributed by atoms with Gasteiger partial charge < -0.3 is 20.0 Å². The zero-order chi connectivity index (χ0) is 17.9. The van der Waals surface area contributed by atoms with E-state index in [1.165, 1.54) is 17.0 Å². The number of hydrogen-bond acceptors (Lipinski definition) is 4. The normalized spacial score (nSPS) is 32.0. The minimum absolute atomic E-state index is 0.0527. The molecule has 0 saturated carbocycles. The van der Waals surface area contributed by atoms with E-state index in [4.69, 9.17) is 23.2 Å². The van der Waals surface area contributed by atoms with Crippen LogP contribution in [0.2, 0.25) is 10.0 Å². The van der Waals surface area contributed by atoms with E-state index in [1.807, 2.05) is 0 Å². The lowest BCUT2D eigenvalue weighted by molar-refractivity contribution is -0.161. The van der Waals surface area contributed by atoms with Gasteiger partial charge in [-0.25, -0.2) is 0 Å². The maximum Gasteiger partial charge on any atom is 0.246 e. The Morgan fingerprint density at radius 2 is 1.72 bits per heavy atom. The number of benzene rings is 1. The van der Waals surface area contributed by atoms with Crippen LogP contribution in [0, 0.1) is 0 Å². The van der Waals surface area contributed by atoms with Gasteiger partial charge in [-0.15, -0.1) is 0 Å². The third kappa shape index (κ3) is 2.58. The molecule has 6 nitrogen and oxygen atoms in total. The van der Waals surface area contributed by atoms with Crippen LogP contribution in [-0.4, -0.2) is 63.1 Å². The van der Waals surface area contributed by atoms with Crippen LogP contribution < -0.4 is 0 Å². The summed E-state index contributed by atoms with van der Waals surface area (Å²) < 4.78 is 0. The lowest BCUT2D eigenvalue weighted by Crippen LogP contribution is -2.64. The van der Waals surface area contributed by atoms with Crippen molar-refractivity contribution in [1.29, 1.82) is 0 Å². The number of carbonyl (C=O) groups is 2. The zero-order valence-corrected chi connectivity index (χ0v) is 14.9. The van der Waals surface area contributed by atoms with Crippen LogP contribution in [0.4, 0.5) is 0 Å². The van der Waals surface area contributed by atoms with E-state index in [0.29, 0.717) is 41.4 Å². The van der Waals surface area contributed by atoms with Gasteiger partial charge in [-0.05, 0) is 30.9 Å². The Kier molecular flexibility index (Phi) is 4.09. The van der Waals surface area contributed by atoms with Crippen molar-refractivity contribution in [2.45, 2.75) is 43.4 Å². The quantitative estimate of drug-likeness (QED) is 0.772. The highest BCUT2D eigenvalue weighted by Crippen LogP contribution is 2.44. The number of phenols is 1. The number of aromatic hydroxyl groups is 1. The SMILES string of the molecule is O=C1[C@@H]2C[C@H](c3c(O)ccc(Cl)c3Cl)CCN2C(=O)C2C[C@@H](O)CN12. The molecular weight excluding hydrogens is 367 g/mol. The third-order valence-electron chi connectivity index (χ3n) is 5.54. The first-order valence-corrected chi connectivity index (χ1v) is 9.10. The van der Waals surface area contributed by atoms with Crippen LogP contribution in [0.15, 0.2) is 12.1 Å². The highest BCUT2D eigenvalue weighted by atomic mass is 35.5. The number of piperidine rings is 1. The molecule has 3 fully saturated rings. The van der Waals surface area contributed by atoms with Crippen molar-refractivity contribution in [3.63, 3.8) is 0 Å². The van der Waals surface area contributed by atoms with Gasteiger partial charge in [0, 0.05) is 25.1 Å². The number of carbonyl (C=O) groups excluding carboxylic acids is 2. The highest BCUT2D eigenvalue weighted by Gasteiger charge is 2.52. The zero-order valence-electron chi connectivity index (χ0n) is 13.4. The molecule has 0 spiro atoms. The Morgan fingerprint density at radius 1 is 1.04 bits per heavy atom. The topological polar surface area (TPSA) is 81.1 Å². The van der Waals surface area contributed by atoms with Crippen LogP contribution in [-0.2, 0) is 9.59 Å². The fourth-order valence-corrected chi connectivity index (χ4v) is 4.82. The van der Waals surface area contributed by atoms with Crippen molar-refractivity contribution in [1.82, 2.24) is 9.80 Å². The van der Waals surface area contributed by atoms with E-state index in [2.05, 4.69) is 0 Å². The summed E-state index contributed by atoms with van der Waals surface area (Å²) in [5, 5.41) is 20.7. The summed E-state index contributed by atoms with van der Waals surface area (Å²) in [5.74, 6) is -0.338. The molecule has 0 bridgehead atoms. The van der Waals surface area contributed by atoms with Crippen LogP contribution in [0.1, 0.15) is 30.7 Å². The number of nitrogens with zero attached hydrogens (tertiary/aromatic N) is 2. The summed E-state index contributed by atoms with van der Waals surface area (Å²) in [7, 11) is 0. The number of phenolic OH excluding ortho intramolecular Hbond substituents is 1. The molecule has 1 aromatic rings. The van der Waals surface area contributed by atoms with Gasteiger partial charge in [0.15, 0.2) is 0 Å². The Morgan fingerprint density at radius 3 is 2.48 bits per heavy atom. The monoisotopic (exact) mass is 384 g/mol. The Bertz CT molecular complexity index is 756. The summed E-state index contributed by atoms with van der Waals surface area (Å²) >= 11 is 12.4. The van der Waals surface area contributed by atoms with E-state index in [1.54, 1.807) is 4.90 Å². The number of rotatable bonds is 1. The smallest absolute Gasteiger partial charge is 0.246 e. The summed E-state index contributed by atoms with van der Waals surface area (Å²) in [6, 6.07) is 1.90. The minimum atomic E-state index is -0.651. The van der Waals surface area contributed by atoms with E-state index in [9.17, 15) is 19.8 Å². The fourth-order valence-electron chi connectivity index (χ4n) is 4.34. The van der Waals surface area contributed by atoms with E-state index in [0.717, 1.165) is 0 Å². The maximum absolute atomic E-state index is 12.8. The first kappa shape index (κ1) is 16.9. The highest BCUT2D eigenvalue weighted by molar-refractivity contribution is 6.42. The molecule has 3 saturated heterocycles. The molecule has 3 aliphatic rings. The van der Waals surface area contributed by atoms with E-state index in [-0.39, 0.29) is 30.0 Å². The lowest BCUT2D eigenvalue weighted by atomic mass is 9.83. The van der Waals surface area contributed by atoms with Crippen molar-refractivity contribution in [2.75, 3.05) is 13.1 Å². The van der Waals surface area contributed by atoms with Crippen LogP contribution in [0.25, 0.3) is 0 Å². The van der Waals surface area contributed by atoms with Gasteiger partial charge in [0.1, 0.15) is 17.8 Å². The summed E-state index contributed by atoms with van der Waals surface area (Å²) in [5.41, 5.74) is 0.539. The summed E-state index contributed by atoms with van der Waals surface area (Å²) in [6.45, 7) is 0.621. The van der Waals surface area contributed by atoms with Gasteiger partial charge >= 0.3 is 0 Å². The third-order valence-corrected chi connectivity index (χ3v) is 6.35. The summed E-state index contributed by atoms with van der Waals surface area (Å²) in [4.78, 5) is 28.6. The number of aliphatic hydroxyl groups excluding tert-OH is 1. The van der Waals surface area contributed by atoms with Crippen molar-refractivity contribution in [3.8, 4) is 5.75 Å². The van der Waals surface area contributed by atoms with Crippen LogP contribution in [0.5, 0.6) is 5.75 Å². The lowest BCUT2D eigenvalue weighted by Gasteiger charge is -2.46. The first-order valence-electron chi connectivity index (χ1n) is 8.34. The second-order valence-electron chi connectivity index (χ2n) is 6.96. The molecular formula is C17H18Cl2N2O4. The number of hydrogen-bond donors (Lipinski definition) is 2. The molecule has 3 heterocycles. The molecule has 134 valence electrons. The van der Waals surface area contributed by atoms with Gasteiger partial charge in [0.25, 0.3) is 0 Å². The molecule has 1 unspecified atom stereocenters. The van der Waals surface area contributed by atoms with Crippen LogP contribution in [0.3, 0.4) is 0 Å². The molecule has 1 aromatic carbocycles. The standard InChI is InChI=1S/C17H18Cl2N2O4/c18-10-1-2-13(23)14(15(10)19)8-3-4-20-11(5-8)17(25)21-7-9(22)6-12(21)16(20)24/h1-2,8-9,11-12,22-23H,3-7H2/t8-,9-,11+,12?/m1/s1. The van der Waals surface area contributed by atoms with Crippen LogP contribution >= 0.6 is 23.2 Å². The molecule has 0 radical (unpaired) electrons.